The van der Waals surface area contributed by atoms with Gasteiger partial charge >= 0.3 is 0 Å². The van der Waals surface area contributed by atoms with Gasteiger partial charge in [0.15, 0.2) is 0 Å². The Morgan fingerprint density at radius 3 is 2.50 bits per heavy atom. The van der Waals surface area contributed by atoms with Gasteiger partial charge in [-0.2, -0.15) is 0 Å². The molecular weight excluding hydrogens is 219 g/mol. The number of hydrogen-bond acceptors (Lipinski definition) is 1. The maximum absolute atomic E-state index is 11.1. The Kier molecular flexibility index (Phi) is 2.54. The third kappa shape index (κ3) is 1.45. The van der Waals surface area contributed by atoms with Gasteiger partial charge in [0.05, 0.1) is 5.41 Å². The van der Waals surface area contributed by atoms with Crippen LogP contribution in [0.15, 0.2) is 18.2 Å². The first-order chi connectivity index (χ1) is 6.68. The molecule has 0 amide bonds. The summed E-state index contributed by atoms with van der Waals surface area (Å²) in [7, 11) is 0. The fourth-order valence-electron chi connectivity index (χ4n) is 1.89. The van der Waals surface area contributed by atoms with E-state index in [0.29, 0.717) is 10.0 Å². The lowest BCUT2D eigenvalue weighted by molar-refractivity contribution is -0.115. The van der Waals surface area contributed by atoms with Crippen molar-refractivity contribution in [3.8, 4) is 0 Å². The number of halogens is 2. The quantitative estimate of drug-likeness (QED) is 0.708. The second kappa shape index (κ2) is 3.56. The summed E-state index contributed by atoms with van der Waals surface area (Å²) in [6.07, 6.45) is 3.86. The number of rotatable bonds is 2. The van der Waals surface area contributed by atoms with Gasteiger partial charge in [-0.25, -0.2) is 0 Å². The second-order valence-electron chi connectivity index (χ2n) is 3.75. The standard InChI is InChI=1S/C11H10Cl2O/c12-8-2-3-10(13)9(6-8)11(7-14)4-1-5-11/h2-3,6-7H,1,4-5H2. The highest BCUT2D eigenvalue weighted by Crippen LogP contribution is 2.45. The summed E-state index contributed by atoms with van der Waals surface area (Å²) in [5.74, 6) is 0. The monoisotopic (exact) mass is 228 g/mol. The molecule has 0 atom stereocenters. The second-order valence-corrected chi connectivity index (χ2v) is 4.60. The van der Waals surface area contributed by atoms with E-state index in [0.717, 1.165) is 31.1 Å². The normalized spacial score (nSPS) is 18.7. The Bertz CT molecular complexity index is 370. The van der Waals surface area contributed by atoms with E-state index in [4.69, 9.17) is 23.2 Å². The van der Waals surface area contributed by atoms with Crippen LogP contribution in [0.1, 0.15) is 24.8 Å². The van der Waals surface area contributed by atoms with Crippen molar-refractivity contribution in [1.82, 2.24) is 0 Å². The van der Waals surface area contributed by atoms with Crippen molar-refractivity contribution >= 4 is 29.5 Å². The fraction of sp³-hybridized carbons (Fsp3) is 0.364. The molecule has 0 heterocycles. The minimum Gasteiger partial charge on any atom is -0.302 e. The lowest BCUT2D eigenvalue weighted by Gasteiger charge is -2.37. The zero-order valence-electron chi connectivity index (χ0n) is 7.59. The molecule has 0 unspecified atom stereocenters. The molecule has 0 spiro atoms. The Morgan fingerprint density at radius 1 is 1.29 bits per heavy atom. The largest absolute Gasteiger partial charge is 0.302 e. The maximum atomic E-state index is 11.1. The van der Waals surface area contributed by atoms with Crippen LogP contribution in [-0.2, 0) is 10.2 Å². The summed E-state index contributed by atoms with van der Waals surface area (Å²) >= 11 is 11.9. The van der Waals surface area contributed by atoms with Gasteiger partial charge in [0.2, 0.25) is 0 Å². The minimum absolute atomic E-state index is 0.359. The van der Waals surface area contributed by atoms with E-state index in [1.807, 2.05) is 0 Å². The highest BCUT2D eigenvalue weighted by atomic mass is 35.5. The Balaban J connectivity index is 2.48. The van der Waals surface area contributed by atoms with Crippen LogP contribution < -0.4 is 0 Å². The van der Waals surface area contributed by atoms with E-state index in [9.17, 15) is 4.79 Å². The molecule has 3 heteroatoms. The molecule has 2 rings (SSSR count). The van der Waals surface area contributed by atoms with Crippen LogP contribution in [0.25, 0.3) is 0 Å². The van der Waals surface area contributed by atoms with Crippen molar-refractivity contribution in [3.05, 3.63) is 33.8 Å². The van der Waals surface area contributed by atoms with Crippen LogP contribution >= 0.6 is 23.2 Å². The van der Waals surface area contributed by atoms with Crippen LogP contribution in [0.3, 0.4) is 0 Å². The molecule has 0 aliphatic heterocycles. The molecule has 1 aliphatic carbocycles. The predicted octanol–water partition coefficient (Wildman–Crippen LogP) is 3.61. The van der Waals surface area contributed by atoms with Gasteiger partial charge in [-0.05, 0) is 36.6 Å². The summed E-state index contributed by atoms with van der Waals surface area (Å²) in [6.45, 7) is 0. The molecule has 1 aromatic rings. The molecule has 1 saturated carbocycles. The SMILES string of the molecule is O=CC1(c2cc(Cl)ccc2Cl)CCC1. The van der Waals surface area contributed by atoms with Crippen molar-refractivity contribution < 1.29 is 4.79 Å². The van der Waals surface area contributed by atoms with E-state index < -0.39 is 0 Å². The molecule has 0 radical (unpaired) electrons. The smallest absolute Gasteiger partial charge is 0.130 e. The fourth-order valence-corrected chi connectivity index (χ4v) is 2.37. The summed E-state index contributed by atoms with van der Waals surface area (Å²) in [4.78, 5) is 11.1. The van der Waals surface area contributed by atoms with Gasteiger partial charge in [-0.3, -0.25) is 0 Å². The van der Waals surface area contributed by atoms with Gasteiger partial charge in [-0.1, -0.05) is 29.6 Å². The average molecular weight is 229 g/mol. The molecule has 0 saturated heterocycles. The number of carbonyl (C=O) groups is 1. The highest BCUT2D eigenvalue weighted by molar-refractivity contribution is 6.33. The molecule has 1 fully saturated rings. The molecular formula is C11H10Cl2O. The summed E-state index contributed by atoms with van der Waals surface area (Å²) in [5.41, 5.74) is 0.523. The lowest BCUT2D eigenvalue weighted by Crippen LogP contribution is -2.36. The van der Waals surface area contributed by atoms with Crippen molar-refractivity contribution in [2.45, 2.75) is 24.7 Å². The third-order valence-electron chi connectivity index (χ3n) is 2.94. The van der Waals surface area contributed by atoms with Gasteiger partial charge in [0.1, 0.15) is 6.29 Å². The first kappa shape index (κ1) is 10.0. The van der Waals surface area contributed by atoms with Gasteiger partial charge < -0.3 is 4.79 Å². The molecule has 0 aromatic heterocycles. The zero-order chi connectivity index (χ0) is 10.2. The Hall–Kier alpha value is -0.530. The third-order valence-corrected chi connectivity index (χ3v) is 3.50. The van der Waals surface area contributed by atoms with Gasteiger partial charge in [-0.15, -0.1) is 0 Å². The first-order valence-corrected chi connectivity index (χ1v) is 5.35. The van der Waals surface area contributed by atoms with Crippen LogP contribution in [0.4, 0.5) is 0 Å². The average Bonchev–Trinajstić information content (AvgIpc) is 2.10. The minimum atomic E-state index is -0.359. The molecule has 1 nitrogen and oxygen atoms in total. The van der Waals surface area contributed by atoms with Crippen LogP contribution in [0.5, 0.6) is 0 Å². The Morgan fingerprint density at radius 2 is 2.00 bits per heavy atom. The molecule has 74 valence electrons. The van der Waals surface area contributed by atoms with Gasteiger partial charge in [0.25, 0.3) is 0 Å². The molecule has 0 N–H and O–H groups in total. The van der Waals surface area contributed by atoms with E-state index >= 15 is 0 Å². The summed E-state index contributed by atoms with van der Waals surface area (Å²) in [6, 6.07) is 5.30. The van der Waals surface area contributed by atoms with Crippen molar-refractivity contribution in [1.29, 1.82) is 0 Å². The topological polar surface area (TPSA) is 17.1 Å². The zero-order valence-corrected chi connectivity index (χ0v) is 9.11. The predicted molar refractivity (Wildman–Crippen MR) is 58.1 cm³/mol. The van der Waals surface area contributed by atoms with E-state index in [-0.39, 0.29) is 5.41 Å². The number of carbonyl (C=O) groups excluding carboxylic acids is 1. The molecule has 14 heavy (non-hydrogen) atoms. The molecule has 1 aromatic carbocycles. The van der Waals surface area contributed by atoms with Gasteiger partial charge in [0, 0.05) is 10.0 Å². The van der Waals surface area contributed by atoms with E-state index in [1.165, 1.54) is 0 Å². The van der Waals surface area contributed by atoms with Crippen molar-refractivity contribution in [2.24, 2.45) is 0 Å². The lowest BCUT2D eigenvalue weighted by atomic mass is 9.65. The summed E-state index contributed by atoms with van der Waals surface area (Å²) in [5, 5.41) is 1.28. The maximum Gasteiger partial charge on any atom is 0.130 e. The van der Waals surface area contributed by atoms with Crippen LogP contribution in [0.2, 0.25) is 10.0 Å². The van der Waals surface area contributed by atoms with Crippen molar-refractivity contribution in [2.75, 3.05) is 0 Å². The van der Waals surface area contributed by atoms with Crippen molar-refractivity contribution in [3.63, 3.8) is 0 Å². The molecule has 1 aliphatic rings. The summed E-state index contributed by atoms with van der Waals surface area (Å²) < 4.78 is 0. The van der Waals surface area contributed by atoms with Crippen LogP contribution in [0, 0.1) is 0 Å². The van der Waals surface area contributed by atoms with E-state index in [1.54, 1.807) is 18.2 Å². The van der Waals surface area contributed by atoms with Crippen LogP contribution in [-0.4, -0.2) is 6.29 Å². The number of hydrogen-bond donors (Lipinski definition) is 0. The van der Waals surface area contributed by atoms with E-state index in [2.05, 4.69) is 0 Å². The number of benzene rings is 1. The highest BCUT2D eigenvalue weighted by Gasteiger charge is 2.39. The first-order valence-electron chi connectivity index (χ1n) is 4.60. The number of aldehydes is 1. The molecule has 0 bridgehead atoms. The Labute approximate surface area is 93.0 Å².